The Bertz CT molecular complexity index is 263. The van der Waals surface area contributed by atoms with Gasteiger partial charge in [0.25, 0.3) is 0 Å². The van der Waals surface area contributed by atoms with Crippen molar-refractivity contribution in [1.82, 2.24) is 10.2 Å². The Balaban J connectivity index is 2.07. The third-order valence-electron chi connectivity index (χ3n) is 4.81. The van der Waals surface area contributed by atoms with E-state index in [1.807, 2.05) is 6.92 Å². The van der Waals surface area contributed by atoms with Crippen LogP contribution in [0.3, 0.4) is 0 Å². The fourth-order valence-electron chi connectivity index (χ4n) is 3.30. The molecule has 0 bridgehead atoms. The second-order valence-corrected chi connectivity index (χ2v) is 6.41. The molecule has 2 saturated heterocycles. The molecule has 2 aliphatic heterocycles. The number of nitrogens with zero attached hydrogens (tertiary/aromatic N) is 1. The lowest BCUT2D eigenvalue weighted by atomic mass is 9.84. The van der Waals surface area contributed by atoms with Crippen molar-refractivity contribution in [1.29, 1.82) is 0 Å². The van der Waals surface area contributed by atoms with Gasteiger partial charge in [-0.1, -0.05) is 6.92 Å². The van der Waals surface area contributed by atoms with Gasteiger partial charge in [-0.25, -0.2) is 0 Å². The summed E-state index contributed by atoms with van der Waals surface area (Å²) in [7, 11) is 0. The van der Waals surface area contributed by atoms with E-state index < -0.39 is 5.60 Å². The fourth-order valence-corrected chi connectivity index (χ4v) is 3.30. The highest BCUT2D eigenvalue weighted by Gasteiger charge is 2.50. The predicted octanol–water partition coefficient (Wildman–Crippen LogP) is 1.08. The molecule has 16 heavy (non-hydrogen) atoms. The molecule has 0 aromatic heterocycles. The second-order valence-electron chi connectivity index (χ2n) is 6.41. The van der Waals surface area contributed by atoms with E-state index in [4.69, 9.17) is 0 Å². The molecule has 2 fully saturated rings. The van der Waals surface area contributed by atoms with Crippen molar-refractivity contribution in [2.75, 3.05) is 26.2 Å². The van der Waals surface area contributed by atoms with Crippen LogP contribution in [0, 0.1) is 11.8 Å². The van der Waals surface area contributed by atoms with Crippen LogP contribution in [-0.4, -0.2) is 47.3 Å². The summed E-state index contributed by atoms with van der Waals surface area (Å²) in [5.41, 5.74) is -0.309. The molecular weight excluding hydrogens is 200 g/mol. The monoisotopic (exact) mass is 226 g/mol. The number of hydrogen-bond donors (Lipinski definition) is 2. The first-order valence-corrected chi connectivity index (χ1v) is 6.55. The zero-order valence-corrected chi connectivity index (χ0v) is 11.1. The molecule has 2 N–H and O–H groups in total. The summed E-state index contributed by atoms with van der Waals surface area (Å²) in [5, 5.41) is 13.7. The molecule has 0 amide bonds. The van der Waals surface area contributed by atoms with Gasteiger partial charge in [-0.3, -0.25) is 4.90 Å². The number of aliphatic hydroxyl groups is 1. The summed E-state index contributed by atoms with van der Waals surface area (Å²) in [5.74, 6) is 1.53. The van der Waals surface area contributed by atoms with E-state index in [-0.39, 0.29) is 5.54 Å². The standard InChI is InChI=1S/C13H26N2O/c1-5-13(4,16)9-15-8-10-6-14-7-11(10)12(15,2)3/h10-11,14,16H,5-9H2,1-4H3. The fraction of sp³-hybridized carbons (Fsp3) is 1.00. The van der Waals surface area contributed by atoms with E-state index >= 15 is 0 Å². The van der Waals surface area contributed by atoms with E-state index in [9.17, 15) is 5.11 Å². The Morgan fingerprint density at radius 2 is 2.12 bits per heavy atom. The summed E-state index contributed by atoms with van der Waals surface area (Å²) in [6.07, 6.45) is 0.827. The number of fused-ring (bicyclic) bond motifs is 1. The smallest absolute Gasteiger partial charge is 0.0743 e. The minimum Gasteiger partial charge on any atom is -0.389 e. The van der Waals surface area contributed by atoms with E-state index in [0.717, 1.165) is 44.4 Å². The number of rotatable bonds is 3. The molecule has 0 aromatic carbocycles. The van der Waals surface area contributed by atoms with Gasteiger partial charge < -0.3 is 10.4 Å². The molecule has 0 spiro atoms. The molecule has 0 aromatic rings. The van der Waals surface area contributed by atoms with Crippen molar-refractivity contribution in [3.63, 3.8) is 0 Å². The number of hydrogen-bond acceptors (Lipinski definition) is 3. The maximum Gasteiger partial charge on any atom is 0.0743 e. The summed E-state index contributed by atoms with van der Waals surface area (Å²) < 4.78 is 0. The van der Waals surface area contributed by atoms with Crippen LogP contribution < -0.4 is 5.32 Å². The molecule has 3 atom stereocenters. The van der Waals surface area contributed by atoms with Gasteiger partial charge in [0.1, 0.15) is 0 Å². The highest BCUT2D eigenvalue weighted by molar-refractivity contribution is 5.05. The van der Waals surface area contributed by atoms with E-state index in [1.54, 1.807) is 0 Å². The molecule has 2 rings (SSSR count). The molecule has 0 radical (unpaired) electrons. The third-order valence-corrected chi connectivity index (χ3v) is 4.81. The zero-order valence-electron chi connectivity index (χ0n) is 11.1. The summed E-state index contributed by atoms with van der Waals surface area (Å²) in [6.45, 7) is 12.9. The predicted molar refractivity (Wildman–Crippen MR) is 66.4 cm³/mol. The number of β-amino-alcohol motifs (C(OH)–C–C–N with tert-alkyl or cyclic N) is 1. The molecule has 3 heteroatoms. The van der Waals surface area contributed by atoms with Gasteiger partial charge in [-0.2, -0.15) is 0 Å². The van der Waals surface area contributed by atoms with Crippen LogP contribution in [0.1, 0.15) is 34.1 Å². The Labute approximate surface area is 99.2 Å². The SMILES string of the molecule is CCC(C)(O)CN1CC2CNCC2C1(C)C. The van der Waals surface area contributed by atoms with Crippen LogP contribution in [0.2, 0.25) is 0 Å². The highest BCUT2D eigenvalue weighted by Crippen LogP contribution is 2.41. The van der Waals surface area contributed by atoms with Crippen LogP contribution in [0.5, 0.6) is 0 Å². The van der Waals surface area contributed by atoms with Crippen LogP contribution in [-0.2, 0) is 0 Å². The molecule has 0 saturated carbocycles. The van der Waals surface area contributed by atoms with Crippen LogP contribution in [0.4, 0.5) is 0 Å². The Kier molecular flexibility index (Phi) is 3.06. The molecular formula is C13H26N2O. The number of likely N-dealkylation sites (tertiary alicyclic amines) is 1. The second kappa shape index (κ2) is 3.97. The molecule has 94 valence electrons. The third kappa shape index (κ3) is 2.01. The number of nitrogens with one attached hydrogen (secondary N) is 1. The van der Waals surface area contributed by atoms with Crippen LogP contribution >= 0.6 is 0 Å². The summed E-state index contributed by atoms with van der Waals surface area (Å²) in [4.78, 5) is 2.49. The first-order valence-electron chi connectivity index (χ1n) is 6.55. The normalized spacial score (nSPS) is 37.3. The van der Waals surface area contributed by atoms with Crippen molar-refractivity contribution in [3.05, 3.63) is 0 Å². The van der Waals surface area contributed by atoms with Crippen LogP contribution in [0.25, 0.3) is 0 Å². The van der Waals surface area contributed by atoms with Gasteiger partial charge >= 0.3 is 0 Å². The van der Waals surface area contributed by atoms with Gasteiger partial charge in [-0.15, -0.1) is 0 Å². The molecule has 2 aliphatic rings. The lowest BCUT2D eigenvalue weighted by Gasteiger charge is -2.39. The molecule has 0 aliphatic carbocycles. The van der Waals surface area contributed by atoms with Crippen molar-refractivity contribution >= 4 is 0 Å². The highest BCUT2D eigenvalue weighted by atomic mass is 16.3. The van der Waals surface area contributed by atoms with Gasteiger partial charge in [-0.05, 0) is 45.6 Å². The van der Waals surface area contributed by atoms with Crippen LogP contribution in [0.15, 0.2) is 0 Å². The summed E-state index contributed by atoms with van der Waals surface area (Å²) in [6, 6.07) is 0. The molecule has 3 unspecified atom stereocenters. The quantitative estimate of drug-likeness (QED) is 0.756. The molecule has 3 nitrogen and oxygen atoms in total. The Morgan fingerprint density at radius 1 is 1.44 bits per heavy atom. The summed E-state index contributed by atoms with van der Waals surface area (Å²) >= 11 is 0. The van der Waals surface area contributed by atoms with Crippen molar-refractivity contribution < 1.29 is 5.11 Å². The maximum absolute atomic E-state index is 10.2. The minimum atomic E-state index is -0.538. The minimum absolute atomic E-state index is 0.229. The van der Waals surface area contributed by atoms with Crippen molar-refractivity contribution in [2.24, 2.45) is 11.8 Å². The molecule has 2 heterocycles. The van der Waals surface area contributed by atoms with E-state index in [1.165, 1.54) is 0 Å². The average Bonchev–Trinajstić information content (AvgIpc) is 2.72. The van der Waals surface area contributed by atoms with Gasteiger partial charge in [0, 0.05) is 25.2 Å². The zero-order chi connectivity index (χ0) is 12.0. The van der Waals surface area contributed by atoms with E-state index in [2.05, 4.69) is 31.0 Å². The van der Waals surface area contributed by atoms with Gasteiger partial charge in [0.15, 0.2) is 0 Å². The Hall–Kier alpha value is -0.120. The topological polar surface area (TPSA) is 35.5 Å². The lowest BCUT2D eigenvalue weighted by molar-refractivity contribution is -0.00785. The average molecular weight is 226 g/mol. The van der Waals surface area contributed by atoms with Crippen molar-refractivity contribution in [3.8, 4) is 0 Å². The largest absolute Gasteiger partial charge is 0.389 e. The van der Waals surface area contributed by atoms with Gasteiger partial charge in [0.2, 0.25) is 0 Å². The Morgan fingerprint density at radius 3 is 2.69 bits per heavy atom. The maximum atomic E-state index is 10.2. The van der Waals surface area contributed by atoms with Crippen molar-refractivity contribution in [2.45, 2.75) is 45.3 Å². The lowest BCUT2D eigenvalue weighted by Crippen LogP contribution is -2.50. The van der Waals surface area contributed by atoms with E-state index in [0.29, 0.717) is 0 Å². The first kappa shape index (κ1) is 12.3. The van der Waals surface area contributed by atoms with Gasteiger partial charge in [0.05, 0.1) is 5.60 Å². The first-order chi connectivity index (χ1) is 7.37.